The van der Waals surface area contributed by atoms with Crippen LogP contribution in [-0.2, 0) is 4.74 Å². The van der Waals surface area contributed by atoms with Crippen LogP contribution in [-0.4, -0.2) is 32.3 Å². The summed E-state index contributed by atoms with van der Waals surface area (Å²) in [5.74, 6) is 0.553. The SMILES string of the molecule is CC(C)c1ccccc1N1CCOC(CCN)C1. The molecule has 0 bridgehead atoms. The number of anilines is 1. The zero-order chi connectivity index (χ0) is 13.0. The second-order valence-electron chi connectivity index (χ2n) is 5.23. The van der Waals surface area contributed by atoms with Crippen molar-refractivity contribution in [2.75, 3.05) is 31.1 Å². The van der Waals surface area contributed by atoms with Crippen LogP contribution in [0.4, 0.5) is 5.69 Å². The van der Waals surface area contributed by atoms with E-state index in [-0.39, 0.29) is 6.10 Å². The number of hydrogen-bond donors (Lipinski definition) is 1. The summed E-state index contributed by atoms with van der Waals surface area (Å²) in [5, 5.41) is 0. The smallest absolute Gasteiger partial charge is 0.0762 e. The van der Waals surface area contributed by atoms with Gasteiger partial charge in [0.2, 0.25) is 0 Å². The first-order chi connectivity index (χ1) is 8.72. The fourth-order valence-electron chi connectivity index (χ4n) is 2.56. The highest BCUT2D eigenvalue weighted by atomic mass is 16.5. The van der Waals surface area contributed by atoms with E-state index in [1.807, 2.05) is 0 Å². The van der Waals surface area contributed by atoms with Crippen LogP contribution in [0, 0.1) is 0 Å². The van der Waals surface area contributed by atoms with E-state index in [2.05, 4.69) is 43.0 Å². The topological polar surface area (TPSA) is 38.5 Å². The molecular weight excluding hydrogens is 224 g/mol. The van der Waals surface area contributed by atoms with Crippen LogP contribution < -0.4 is 10.6 Å². The van der Waals surface area contributed by atoms with Crippen LogP contribution in [0.2, 0.25) is 0 Å². The molecule has 1 aromatic rings. The van der Waals surface area contributed by atoms with Crippen LogP contribution in [0.5, 0.6) is 0 Å². The Kier molecular flexibility index (Phi) is 4.61. The van der Waals surface area contributed by atoms with Crippen molar-refractivity contribution in [3.63, 3.8) is 0 Å². The molecule has 18 heavy (non-hydrogen) atoms. The number of morpholine rings is 1. The number of para-hydroxylation sites is 1. The molecule has 1 fully saturated rings. The maximum absolute atomic E-state index is 5.75. The number of ether oxygens (including phenoxy) is 1. The van der Waals surface area contributed by atoms with E-state index in [4.69, 9.17) is 10.5 Å². The zero-order valence-corrected chi connectivity index (χ0v) is 11.4. The van der Waals surface area contributed by atoms with Crippen molar-refractivity contribution < 1.29 is 4.74 Å². The van der Waals surface area contributed by atoms with Crippen molar-refractivity contribution in [3.05, 3.63) is 29.8 Å². The molecule has 1 unspecified atom stereocenters. The van der Waals surface area contributed by atoms with E-state index in [0.29, 0.717) is 12.5 Å². The molecule has 0 aromatic heterocycles. The van der Waals surface area contributed by atoms with Crippen molar-refractivity contribution in [1.29, 1.82) is 0 Å². The summed E-state index contributed by atoms with van der Waals surface area (Å²) in [5.41, 5.74) is 8.40. The van der Waals surface area contributed by atoms with E-state index in [1.54, 1.807) is 0 Å². The second kappa shape index (κ2) is 6.21. The highest BCUT2D eigenvalue weighted by molar-refractivity contribution is 5.55. The molecule has 0 spiro atoms. The van der Waals surface area contributed by atoms with Gasteiger partial charge in [0, 0.05) is 18.8 Å². The van der Waals surface area contributed by atoms with Crippen molar-refractivity contribution in [1.82, 2.24) is 0 Å². The molecule has 0 radical (unpaired) electrons. The maximum Gasteiger partial charge on any atom is 0.0762 e. The maximum atomic E-state index is 5.75. The van der Waals surface area contributed by atoms with Gasteiger partial charge < -0.3 is 15.4 Å². The molecule has 2 N–H and O–H groups in total. The van der Waals surface area contributed by atoms with Crippen molar-refractivity contribution in [2.24, 2.45) is 5.73 Å². The average molecular weight is 248 g/mol. The summed E-state index contributed by atoms with van der Waals surface area (Å²) in [6, 6.07) is 8.69. The Bertz CT molecular complexity index is 377. The van der Waals surface area contributed by atoms with E-state index >= 15 is 0 Å². The van der Waals surface area contributed by atoms with Crippen LogP contribution in [0.3, 0.4) is 0 Å². The molecule has 2 rings (SSSR count). The first-order valence-electron chi connectivity index (χ1n) is 6.88. The van der Waals surface area contributed by atoms with Crippen molar-refractivity contribution in [2.45, 2.75) is 32.3 Å². The van der Waals surface area contributed by atoms with Gasteiger partial charge in [0.1, 0.15) is 0 Å². The minimum absolute atomic E-state index is 0.281. The van der Waals surface area contributed by atoms with Crippen LogP contribution in [0.15, 0.2) is 24.3 Å². The minimum atomic E-state index is 0.281. The monoisotopic (exact) mass is 248 g/mol. The molecule has 1 saturated heterocycles. The Hall–Kier alpha value is -1.06. The van der Waals surface area contributed by atoms with Crippen molar-refractivity contribution >= 4 is 5.69 Å². The van der Waals surface area contributed by atoms with Crippen LogP contribution >= 0.6 is 0 Å². The summed E-state index contributed by atoms with van der Waals surface area (Å²) in [6.45, 7) is 7.93. The first-order valence-corrected chi connectivity index (χ1v) is 6.88. The molecule has 100 valence electrons. The molecule has 1 aliphatic rings. The predicted octanol–water partition coefficient (Wildman–Crippen LogP) is 2.36. The average Bonchev–Trinajstić information content (AvgIpc) is 2.39. The fraction of sp³-hybridized carbons (Fsp3) is 0.600. The number of benzene rings is 1. The van der Waals surface area contributed by atoms with Crippen LogP contribution in [0.1, 0.15) is 31.7 Å². The summed E-state index contributed by atoms with van der Waals surface area (Å²) >= 11 is 0. The first kappa shape index (κ1) is 13.4. The molecule has 1 aliphatic heterocycles. The Morgan fingerprint density at radius 3 is 2.89 bits per heavy atom. The predicted molar refractivity (Wildman–Crippen MR) is 76.2 cm³/mol. The van der Waals surface area contributed by atoms with Crippen molar-refractivity contribution in [3.8, 4) is 0 Å². The van der Waals surface area contributed by atoms with Crippen LogP contribution in [0.25, 0.3) is 0 Å². The lowest BCUT2D eigenvalue weighted by Gasteiger charge is -2.36. The number of hydrogen-bond acceptors (Lipinski definition) is 3. The molecule has 1 atom stereocenters. The lowest BCUT2D eigenvalue weighted by molar-refractivity contribution is 0.0368. The van der Waals surface area contributed by atoms with Gasteiger partial charge in [0.25, 0.3) is 0 Å². The molecule has 3 heteroatoms. The molecule has 0 amide bonds. The number of rotatable bonds is 4. The minimum Gasteiger partial charge on any atom is -0.374 e. The Morgan fingerprint density at radius 2 is 2.17 bits per heavy atom. The van der Waals surface area contributed by atoms with E-state index in [9.17, 15) is 0 Å². The lowest BCUT2D eigenvalue weighted by Crippen LogP contribution is -2.43. The van der Waals surface area contributed by atoms with Gasteiger partial charge in [-0.25, -0.2) is 0 Å². The fourth-order valence-corrected chi connectivity index (χ4v) is 2.56. The van der Waals surface area contributed by atoms with Gasteiger partial charge in [-0.15, -0.1) is 0 Å². The third-order valence-electron chi connectivity index (χ3n) is 3.53. The lowest BCUT2D eigenvalue weighted by atomic mass is 10.00. The molecule has 3 nitrogen and oxygen atoms in total. The van der Waals surface area contributed by atoms with Gasteiger partial charge in [0.15, 0.2) is 0 Å². The van der Waals surface area contributed by atoms with E-state index in [1.165, 1.54) is 11.3 Å². The summed E-state index contributed by atoms with van der Waals surface area (Å²) in [7, 11) is 0. The number of nitrogens with two attached hydrogens (primary N) is 1. The van der Waals surface area contributed by atoms with E-state index in [0.717, 1.165) is 26.1 Å². The van der Waals surface area contributed by atoms with Gasteiger partial charge in [-0.3, -0.25) is 0 Å². The Labute approximate surface area is 110 Å². The van der Waals surface area contributed by atoms with Gasteiger partial charge in [-0.05, 0) is 30.5 Å². The van der Waals surface area contributed by atoms with Gasteiger partial charge in [-0.1, -0.05) is 32.0 Å². The molecule has 1 heterocycles. The number of nitrogens with zero attached hydrogens (tertiary/aromatic N) is 1. The third kappa shape index (κ3) is 3.03. The van der Waals surface area contributed by atoms with Gasteiger partial charge in [-0.2, -0.15) is 0 Å². The normalized spacial score (nSPS) is 20.4. The summed E-state index contributed by atoms with van der Waals surface area (Å²) < 4.78 is 5.75. The third-order valence-corrected chi connectivity index (χ3v) is 3.53. The Morgan fingerprint density at radius 1 is 1.39 bits per heavy atom. The highest BCUT2D eigenvalue weighted by Crippen LogP contribution is 2.28. The standard InChI is InChI=1S/C15H24N2O/c1-12(2)14-5-3-4-6-15(14)17-9-10-18-13(11-17)7-8-16/h3-6,12-13H,7-11,16H2,1-2H3. The van der Waals surface area contributed by atoms with Gasteiger partial charge in [0.05, 0.1) is 12.7 Å². The van der Waals surface area contributed by atoms with Gasteiger partial charge >= 0.3 is 0 Å². The summed E-state index contributed by atoms with van der Waals surface area (Å²) in [4.78, 5) is 2.44. The Balaban J connectivity index is 2.15. The zero-order valence-electron chi connectivity index (χ0n) is 11.4. The molecule has 0 saturated carbocycles. The highest BCUT2D eigenvalue weighted by Gasteiger charge is 2.22. The van der Waals surface area contributed by atoms with E-state index < -0.39 is 0 Å². The molecule has 0 aliphatic carbocycles. The largest absolute Gasteiger partial charge is 0.374 e. The second-order valence-corrected chi connectivity index (χ2v) is 5.23. The molecular formula is C15H24N2O. The summed E-state index contributed by atoms with van der Waals surface area (Å²) in [6.07, 6.45) is 1.23. The molecule has 1 aromatic carbocycles. The quantitative estimate of drug-likeness (QED) is 0.889.